The number of nitrogens with zero attached hydrogens (tertiary/aromatic N) is 2. The summed E-state index contributed by atoms with van der Waals surface area (Å²) in [5.41, 5.74) is 1.75. The van der Waals surface area contributed by atoms with Gasteiger partial charge in [0.05, 0.1) is 19.4 Å². The van der Waals surface area contributed by atoms with Crippen LogP contribution >= 0.6 is 0 Å². The number of hydrogen-bond donors (Lipinski definition) is 1. The molecule has 2 aromatic carbocycles. The van der Waals surface area contributed by atoms with E-state index in [1.54, 1.807) is 30.5 Å². The number of oxazole rings is 1. The van der Waals surface area contributed by atoms with Gasteiger partial charge in [-0.3, -0.25) is 4.90 Å². The number of ether oxygens (including phenoxy) is 2. The molecule has 1 saturated heterocycles. The summed E-state index contributed by atoms with van der Waals surface area (Å²) < 4.78 is 44.3. The second kappa shape index (κ2) is 10.7. The Morgan fingerprint density at radius 1 is 1.03 bits per heavy atom. The summed E-state index contributed by atoms with van der Waals surface area (Å²) in [6.07, 6.45) is 3.49. The molecule has 6 nitrogen and oxygen atoms in total. The van der Waals surface area contributed by atoms with Crippen LogP contribution in [0.3, 0.4) is 0 Å². The first-order valence-electron chi connectivity index (χ1n) is 11.3. The second-order valence-electron chi connectivity index (χ2n) is 8.00. The van der Waals surface area contributed by atoms with Crippen LogP contribution in [0.4, 0.5) is 14.8 Å². The summed E-state index contributed by atoms with van der Waals surface area (Å²) in [4.78, 5) is 6.64. The van der Waals surface area contributed by atoms with E-state index in [-0.39, 0.29) is 23.4 Å². The lowest BCUT2D eigenvalue weighted by molar-refractivity contribution is 0.209. The highest BCUT2D eigenvalue weighted by Crippen LogP contribution is 2.30. The molecule has 0 radical (unpaired) electrons. The summed E-state index contributed by atoms with van der Waals surface area (Å²) >= 11 is 0. The van der Waals surface area contributed by atoms with Gasteiger partial charge in [0.25, 0.3) is 6.01 Å². The maximum atomic E-state index is 14.5. The molecule has 0 unspecified atom stereocenters. The monoisotopic (exact) mass is 457 g/mol. The quantitative estimate of drug-likeness (QED) is 0.458. The third kappa shape index (κ3) is 5.82. The van der Waals surface area contributed by atoms with Gasteiger partial charge in [0.2, 0.25) is 5.82 Å². The normalized spacial score (nSPS) is 14.9. The maximum Gasteiger partial charge on any atom is 0.295 e. The molecule has 4 rings (SSSR count). The predicted octanol–water partition coefficient (Wildman–Crippen LogP) is 5.49. The van der Waals surface area contributed by atoms with E-state index in [0.717, 1.165) is 37.1 Å². The van der Waals surface area contributed by atoms with Crippen molar-refractivity contribution in [2.24, 2.45) is 0 Å². The summed E-state index contributed by atoms with van der Waals surface area (Å²) in [6, 6.07) is 10.4. The molecular formula is C25H29F2N3O3. The number of halogens is 2. The molecule has 176 valence electrons. The van der Waals surface area contributed by atoms with Crippen LogP contribution in [0.5, 0.6) is 11.5 Å². The van der Waals surface area contributed by atoms with Crippen LogP contribution < -0.4 is 14.8 Å². The molecule has 1 N–H and O–H groups in total. The molecule has 0 aliphatic carbocycles. The minimum absolute atomic E-state index is 0.232. The molecule has 1 aliphatic heterocycles. The number of hydrogen-bond acceptors (Lipinski definition) is 6. The first-order chi connectivity index (χ1) is 16.1. The molecule has 1 aliphatic rings. The Balaban J connectivity index is 1.33. The van der Waals surface area contributed by atoms with E-state index in [0.29, 0.717) is 31.5 Å². The lowest BCUT2D eigenvalue weighted by Crippen LogP contribution is -2.38. The van der Waals surface area contributed by atoms with E-state index in [1.165, 1.54) is 12.1 Å². The van der Waals surface area contributed by atoms with E-state index in [4.69, 9.17) is 13.9 Å². The van der Waals surface area contributed by atoms with Gasteiger partial charge in [0.15, 0.2) is 17.3 Å². The summed E-state index contributed by atoms with van der Waals surface area (Å²) in [5, 5.41) is 3.36. The molecule has 3 aromatic rings. The van der Waals surface area contributed by atoms with E-state index < -0.39 is 5.82 Å². The minimum atomic E-state index is -0.448. The average Bonchev–Trinajstić information content (AvgIpc) is 3.27. The number of aromatic nitrogens is 1. The summed E-state index contributed by atoms with van der Waals surface area (Å²) in [7, 11) is 0. The molecule has 0 saturated carbocycles. The highest BCUT2D eigenvalue weighted by Gasteiger charge is 2.22. The Hall–Kier alpha value is -3.13. The minimum Gasteiger partial charge on any atom is -0.491 e. The number of likely N-dealkylation sites (tertiary alicyclic amines) is 1. The van der Waals surface area contributed by atoms with Gasteiger partial charge in [-0.25, -0.2) is 9.37 Å². The fourth-order valence-electron chi connectivity index (χ4n) is 4.00. The summed E-state index contributed by atoms with van der Waals surface area (Å²) in [6.45, 7) is 6.92. The highest BCUT2D eigenvalue weighted by atomic mass is 19.1. The average molecular weight is 458 g/mol. The van der Waals surface area contributed by atoms with Gasteiger partial charge < -0.3 is 19.2 Å². The lowest BCUT2D eigenvalue weighted by atomic mass is 10.0. The molecule has 0 amide bonds. The van der Waals surface area contributed by atoms with Crippen molar-refractivity contribution < 1.29 is 22.7 Å². The van der Waals surface area contributed by atoms with Crippen LogP contribution in [0.1, 0.15) is 32.3 Å². The number of nitrogens with one attached hydrogen (secondary N) is 1. The van der Waals surface area contributed by atoms with Crippen molar-refractivity contribution in [2.75, 3.05) is 31.6 Å². The highest BCUT2D eigenvalue weighted by molar-refractivity contribution is 5.57. The number of piperidine rings is 1. The van der Waals surface area contributed by atoms with E-state index in [1.807, 2.05) is 13.8 Å². The third-order valence-corrected chi connectivity index (χ3v) is 5.62. The van der Waals surface area contributed by atoms with Gasteiger partial charge in [0.1, 0.15) is 5.82 Å². The smallest absolute Gasteiger partial charge is 0.295 e. The molecule has 0 atom stereocenters. The number of rotatable bonds is 9. The van der Waals surface area contributed by atoms with Gasteiger partial charge in [-0.05, 0) is 68.7 Å². The van der Waals surface area contributed by atoms with Crippen LogP contribution in [-0.2, 0) is 6.54 Å². The molecule has 0 bridgehead atoms. The van der Waals surface area contributed by atoms with Gasteiger partial charge >= 0.3 is 0 Å². The zero-order chi connectivity index (χ0) is 23.2. The van der Waals surface area contributed by atoms with Crippen LogP contribution in [0.25, 0.3) is 11.3 Å². The van der Waals surface area contributed by atoms with Crippen molar-refractivity contribution in [3.63, 3.8) is 0 Å². The maximum absolute atomic E-state index is 14.5. The first-order valence-corrected chi connectivity index (χ1v) is 11.3. The Morgan fingerprint density at radius 3 is 2.27 bits per heavy atom. The van der Waals surface area contributed by atoms with E-state index >= 15 is 0 Å². The van der Waals surface area contributed by atoms with Gasteiger partial charge in [-0.15, -0.1) is 0 Å². The van der Waals surface area contributed by atoms with Gasteiger partial charge in [-0.2, -0.15) is 4.39 Å². The van der Waals surface area contributed by atoms with Crippen LogP contribution in [0.15, 0.2) is 47.0 Å². The lowest BCUT2D eigenvalue weighted by Gasteiger charge is -2.32. The SMILES string of the molecule is CCOc1cc(CN2CCC(Nc3ncc(-c4ccc(F)cc4)o3)CC2)cc(OCC)c1F. The Bertz CT molecular complexity index is 1020. The van der Waals surface area contributed by atoms with Crippen molar-refractivity contribution >= 4 is 6.01 Å². The van der Waals surface area contributed by atoms with Crippen LogP contribution in [0, 0.1) is 11.6 Å². The van der Waals surface area contributed by atoms with Crippen LogP contribution in [-0.4, -0.2) is 42.2 Å². The molecule has 1 aromatic heterocycles. The largest absolute Gasteiger partial charge is 0.491 e. The zero-order valence-corrected chi connectivity index (χ0v) is 18.9. The van der Waals surface area contributed by atoms with Crippen molar-refractivity contribution in [1.82, 2.24) is 9.88 Å². The molecule has 0 spiro atoms. The zero-order valence-electron chi connectivity index (χ0n) is 18.9. The molecule has 2 heterocycles. The third-order valence-electron chi connectivity index (χ3n) is 5.62. The first kappa shape index (κ1) is 23.0. The molecule has 33 heavy (non-hydrogen) atoms. The van der Waals surface area contributed by atoms with Crippen molar-refractivity contribution in [1.29, 1.82) is 0 Å². The fourth-order valence-corrected chi connectivity index (χ4v) is 4.00. The van der Waals surface area contributed by atoms with Gasteiger partial charge in [-0.1, -0.05) is 0 Å². The molecule has 1 fully saturated rings. The second-order valence-corrected chi connectivity index (χ2v) is 8.00. The van der Waals surface area contributed by atoms with Crippen LogP contribution in [0.2, 0.25) is 0 Å². The Labute approximate surface area is 192 Å². The van der Waals surface area contributed by atoms with Gasteiger partial charge in [0, 0.05) is 31.2 Å². The van der Waals surface area contributed by atoms with E-state index in [2.05, 4.69) is 15.2 Å². The topological polar surface area (TPSA) is 59.8 Å². The Morgan fingerprint density at radius 2 is 1.67 bits per heavy atom. The standard InChI is InChI=1S/C25H29F2N3O3/c1-3-31-21-13-17(14-22(24(21)27)32-4-2)16-30-11-9-20(10-12-30)29-25-28-15-23(33-25)18-5-7-19(26)8-6-18/h5-8,13-15,20H,3-4,9-12,16H2,1-2H3,(H,28,29). The van der Waals surface area contributed by atoms with Crippen molar-refractivity contribution in [2.45, 2.75) is 39.3 Å². The fraction of sp³-hybridized carbons (Fsp3) is 0.400. The Kier molecular flexibility index (Phi) is 7.44. The van der Waals surface area contributed by atoms with E-state index in [9.17, 15) is 8.78 Å². The van der Waals surface area contributed by atoms with Crippen molar-refractivity contribution in [3.05, 3.63) is 59.8 Å². The predicted molar refractivity (Wildman–Crippen MR) is 123 cm³/mol. The molecular weight excluding hydrogens is 428 g/mol. The number of anilines is 1. The summed E-state index contributed by atoms with van der Waals surface area (Å²) in [5.74, 6) is 0.330. The number of benzene rings is 2. The van der Waals surface area contributed by atoms with Crippen molar-refractivity contribution in [3.8, 4) is 22.8 Å². The molecule has 8 heteroatoms.